The molecule has 0 aromatic rings. The van der Waals surface area contributed by atoms with Crippen molar-refractivity contribution < 1.29 is 44.1 Å². The Balaban J connectivity index is 5.20. The van der Waals surface area contributed by atoms with E-state index in [1.165, 1.54) is 0 Å². The van der Waals surface area contributed by atoms with Crippen molar-refractivity contribution in [2.75, 3.05) is 6.54 Å². The Labute approximate surface area is 158 Å². The highest BCUT2D eigenvalue weighted by molar-refractivity contribution is 5.96. The topological polar surface area (TPSA) is 251 Å². The number of carbonyl (C=O) groups is 6. The minimum atomic E-state index is -1.64. The molecule has 0 saturated heterocycles. The van der Waals surface area contributed by atoms with Crippen molar-refractivity contribution in [2.24, 2.45) is 11.5 Å². The number of nitrogens with one attached hydrogen (secondary N) is 3. The molecule has 28 heavy (non-hydrogen) atoms. The molecule has 0 aromatic carbocycles. The Hall–Kier alpha value is -3.26. The first-order valence-corrected chi connectivity index (χ1v) is 7.89. The van der Waals surface area contributed by atoms with Crippen molar-refractivity contribution in [3.05, 3.63) is 0 Å². The van der Waals surface area contributed by atoms with Crippen molar-refractivity contribution in [1.82, 2.24) is 16.0 Å². The number of hydrogen-bond donors (Lipinski definition) is 8. The van der Waals surface area contributed by atoms with Crippen LogP contribution in [0.25, 0.3) is 0 Å². The number of aliphatic carboxylic acids is 2. The summed E-state index contributed by atoms with van der Waals surface area (Å²) in [4.78, 5) is 68.3. The van der Waals surface area contributed by atoms with Crippen molar-refractivity contribution in [2.45, 2.75) is 44.0 Å². The van der Waals surface area contributed by atoms with Crippen molar-refractivity contribution in [3.8, 4) is 0 Å². The minimum absolute atomic E-state index is 0.684. The van der Waals surface area contributed by atoms with E-state index < -0.39 is 79.2 Å². The summed E-state index contributed by atoms with van der Waals surface area (Å²) < 4.78 is 0. The predicted octanol–water partition coefficient (Wildman–Crippen LogP) is -4.78. The lowest BCUT2D eigenvalue weighted by atomic mass is 10.1. The molecular weight excluding hydrogens is 382 g/mol. The Morgan fingerprint density at radius 2 is 1.46 bits per heavy atom. The standard InChI is InChI=1S/C14H23N5O9/c1-5(20)11(19-12(26)6(15)2-9(22)23)14(28)18-7(3-8(16)21)13(27)17-4-10(24)25/h5-7,11,20H,2-4,15H2,1H3,(H2,16,21)(H,17,27)(H,18,28)(H,19,26)(H,22,23)(H,24,25). The number of carbonyl (C=O) groups excluding carboxylic acids is 4. The number of hydrogen-bond acceptors (Lipinski definition) is 8. The van der Waals surface area contributed by atoms with Crippen LogP contribution in [0.5, 0.6) is 0 Å². The first-order valence-electron chi connectivity index (χ1n) is 7.89. The minimum Gasteiger partial charge on any atom is -0.481 e. The van der Waals surface area contributed by atoms with E-state index in [0.29, 0.717) is 0 Å². The molecule has 0 aliphatic heterocycles. The van der Waals surface area contributed by atoms with Gasteiger partial charge in [-0.05, 0) is 6.92 Å². The van der Waals surface area contributed by atoms with E-state index in [2.05, 4.69) is 5.32 Å². The van der Waals surface area contributed by atoms with Crippen LogP contribution in [0.15, 0.2) is 0 Å². The van der Waals surface area contributed by atoms with E-state index in [1.807, 2.05) is 10.6 Å². The van der Waals surface area contributed by atoms with Gasteiger partial charge in [-0.25, -0.2) is 0 Å². The molecule has 14 nitrogen and oxygen atoms in total. The molecule has 10 N–H and O–H groups in total. The lowest BCUT2D eigenvalue weighted by Gasteiger charge is -2.25. The largest absolute Gasteiger partial charge is 0.481 e. The number of aliphatic hydroxyl groups is 1. The molecule has 0 saturated carbocycles. The Morgan fingerprint density at radius 3 is 1.89 bits per heavy atom. The van der Waals surface area contributed by atoms with Gasteiger partial charge in [0, 0.05) is 0 Å². The summed E-state index contributed by atoms with van der Waals surface area (Å²) in [6.45, 7) is 0.339. The molecule has 4 amide bonds. The van der Waals surface area contributed by atoms with Crippen LogP contribution in [-0.2, 0) is 28.8 Å². The summed E-state index contributed by atoms with van der Waals surface area (Å²) in [6, 6.07) is -4.72. The third-order valence-electron chi connectivity index (χ3n) is 3.25. The van der Waals surface area contributed by atoms with Crippen LogP contribution in [0.4, 0.5) is 0 Å². The molecule has 0 aromatic heterocycles. The lowest BCUT2D eigenvalue weighted by molar-refractivity contribution is -0.140. The first-order chi connectivity index (χ1) is 12.8. The number of aliphatic hydroxyl groups excluding tert-OH is 1. The third-order valence-corrected chi connectivity index (χ3v) is 3.25. The van der Waals surface area contributed by atoms with Crippen LogP contribution < -0.4 is 27.4 Å². The van der Waals surface area contributed by atoms with Gasteiger partial charge in [0.25, 0.3) is 0 Å². The second kappa shape index (κ2) is 11.5. The third kappa shape index (κ3) is 9.44. The van der Waals surface area contributed by atoms with Gasteiger partial charge in [-0.15, -0.1) is 0 Å². The van der Waals surface area contributed by atoms with Crippen molar-refractivity contribution in [3.63, 3.8) is 0 Å². The fourth-order valence-corrected chi connectivity index (χ4v) is 1.90. The van der Waals surface area contributed by atoms with Crippen molar-refractivity contribution >= 4 is 35.6 Å². The maximum absolute atomic E-state index is 12.3. The van der Waals surface area contributed by atoms with Crippen molar-refractivity contribution in [1.29, 1.82) is 0 Å². The van der Waals surface area contributed by atoms with Crippen LogP contribution in [0.3, 0.4) is 0 Å². The van der Waals surface area contributed by atoms with Crippen LogP contribution in [-0.4, -0.2) is 81.7 Å². The van der Waals surface area contributed by atoms with E-state index in [4.69, 9.17) is 21.7 Å². The molecular formula is C14H23N5O9. The second-order valence-electron chi connectivity index (χ2n) is 5.77. The predicted molar refractivity (Wildman–Crippen MR) is 90.2 cm³/mol. The molecule has 0 aliphatic rings. The van der Waals surface area contributed by atoms with Gasteiger partial charge in [-0.3, -0.25) is 28.8 Å². The number of rotatable bonds is 12. The number of primary amides is 1. The zero-order valence-corrected chi connectivity index (χ0v) is 14.9. The molecule has 0 heterocycles. The van der Waals surface area contributed by atoms with Gasteiger partial charge in [0.05, 0.1) is 25.0 Å². The van der Waals surface area contributed by atoms with E-state index in [9.17, 15) is 33.9 Å². The molecule has 0 radical (unpaired) electrons. The monoisotopic (exact) mass is 405 g/mol. The smallest absolute Gasteiger partial charge is 0.322 e. The molecule has 158 valence electrons. The average molecular weight is 405 g/mol. The fraction of sp³-hybridized carbons (Fsp3) is 0.571. The molecule has 0 spiro atoms. The quantitative estimate of drug-likeness (QED) is 0.154. The summed E-state index contributed by atoms with van der Waals surface area (Å²) in [6.07, 6.45) is -2.91. The van der Waals surface area contributed by atoms with E-state index in [0.717, 1.165) is 6.92 Å². The number of carboxylic acid groups (broad SMARTS) is 2. The first kappa shape index (κ1) is 24.7. The second-order valence-corrected chi connectivity index (χ2v) is 5.77. The summed E-state index contributed by atoms with van der Waals surface area (Å²) in [7, 11) is 0. The number of nitrogens with two attached hydrogens (primary N) is 2. The van der Waals surface area contributed by atoms with E-state index in [1.54, 1.807) is 0 Å². The average Bonchev–Trinajstić information content (AvgIpc) is 2.54. The van der Waals surface area contributed by atoms with Crippen LogP contribution in [0, 0.1) is 0 Å². The normalized spacial score (nSPS) is 14.7. The van der Waals surface area contributed by atoms with Gasteiger partial charge >= 0.3 is 11.9 Å². The van der Waals surface area contributed by atoms with Gasteiger partial charge < -0.3 is 42.7 Å². The Kier molecular flexibility index (Phi) is 10.1. The number of carboxylic acids is 2. The highest BCUT2D eigenvalue weighted by Gasteiger charge is 2.32. The van der Waals surface area contributed by atoms with Crippen LogP contribution in [0.1, 0.15) is 19.8 Å². The SMILES string of the molecule is CC(O)C(NC(=O)C(N)CC(=O)O)C(=O)NC(CC(N)=O)C(=O)NCC(=O)O. The van der Waals surface area contributed by atoms with E-state index >= 15 is 0 Å². The number of amides is 4. The molecule has 14 heteroatoms. The zero-order chi connectivity index (χ0) is 22.0. The highest BCUT2D eigenvalue weighted by atomic mass is 16.4. The molecule has 0 fully saturated rings. The molecule has 4 unspecified atom stereocenters. The summed E-state index contributed by atoms with van der Waals surface area (Å²) in [5.41, 5.74) is 10.4. The maximum Gasteiger partial charge on any atom is 0.322 e. The van der Waals surface area contributed by atoms with Gasteiger partial charge in [0.1, 0.15) is 18.6 Å². The molecule has 0 aliphatic carbocycles. The Bertz CT molecular complexity index is 637. The Morgan fingerprint density at radius 1 is 0.893 bits per heavy atom. The molecule has 0 bridgehead atoms. The van der Waals surface area contributed by atoms with Gasteiger partial charge in [0.2, 0.25) is 23.6 Å². The zero-order valence-electron chi connectivity index (χ0n) is 14.9. The van der Waals surface area contributed by atoms with Gasteiger partial charge in [0.15, 0.2) is 0 Å². The van der Waals surface area contributed by atoms with Crippen LogP contribution >= 0.6 is 0 Å². The van der Waals surface area contributed by atoms with Crippen LogP contribution in [0.2, 0.25) is 0 Å². The summed E-state index contributed by atoms with van der Waals surface area (Å²) in [5, 5.41) is 32.9. The highest BCUT2D eigenvalue weighted by Crippen LogP contribution is 2.00. The summed E-state index contributed by atoms with van der Waals surface area (Å²) in [5.74, 6) is -6.92. The van der Waals surface area contributed by atoms with Gasteiger partial charge in [-0.2, -0.15) is 0 Å². The van der Waals surface area contributed by atoms with Gasteiger partial charge in [-0.1, -0.05) is 0 Å². The summed E-state index contributed by atoms with van der Waals surface area (Å²) >= 11 is 0. The maximum atomic E-state index is 12.3. The molecule has 0 rings (SSSR count). The lowest BCUT2D eigenvalue weighted by Crippen LogP contribution is -2.59. The fourth-order valence-electron chi connectivity index (χ4n) is 1.90. The molecule has 4 atom stereocenters. The van der Waals surface area contributed by atoms with E-state index in [-0.39, 0.29) is 0 Å².